The van der Waals surface area contributed by atoms with E-state index >= 15 is 0 Å². The first-order valence-electron chi connectivity index (χ1n) is 5.27. The Morgan fingerprint density at radius 1 is 1.53 bits per heavy atom. The fourth-order valence-electron chi connectivity index (χ4n) is 2.76. The van der Waals surface area contributed by atoms with Gasteiger partial charge in [-0.05, 0) is 37.0 Å². The Morgan fingerprint density at radius 2 is 2.27 bits per heavy atom. The second-order valence-corrected chi connectivity index (χ2v) is 8.04. The van der Waals surface area contributed by atoms with Crippen LogP contribution in [0.1, 0.15) is 19.3 Å². The number of hydrogen-bond acceptors (Lipinski definition) is 2. The van der Waals surface area contributed by atoms with Gasteiger partial charge in [0.15, 0.2) is 0 Å². The summed E-state index contributed by atoms with van der Waals surface area (Å²) in [6, 6.07) is 0. The molecule has 0 unspecified atom stereocenters. The van der Waals surface area contributed by atoms with E-state index in [4.69, 9.17) is 0 Å². The number of alkyl carbamates (subject to hydrolysis) is 1. The molecule has 0 aromatic heterocycles. The lowest BCUT2D eigenvalue weighted by Crippen LogP contribution is -2.26. The van der Waals surface area contributed by atoms with Crippen LogP contribution in [-0.2, 0) is 4.74 Å². The van der Waals surface area contributed by atoms with Gasteiger partial charge < -0.3 is 10.1 Å². The number of methoxy groups -OCH3 is 1. The minimum atomic E-state index is -0.329. The lowest BCUT2D eigenvalue weighted by atomic mass is 10.00. The van der Waals surface area contributed by atoms with E-state index in [1.807, 2.05) is 0 Å². The molecular formula is C10H15Br2NO2. The molecule has 0 saturated heterocycles. The van der Waals surface area contributed by atoms with E-state index in [2.05, 4.69) is 41.9 Å². The van der Waals surface area contributed by atoms with E-state index in [1.165, 1.54) is 20.0 Å². The van der Waals surface area contributed by atoms with Crippen LogP contribution in [0.25, 0.3) is 0 Å². The van der Waals surface area contributed by atoms with Crippen molar-refractivity contribution in [1.29, 1.82) is 0 Å². The normalized spacial score (nSPS) is 35.8. The predicted molar refractivity (Wildman–Crippen MR) is 65.3 cm³/mol. The predicted octanol–water partition coefficient (Wildman–Crippen LogP) is 2.87. The van der Waals surface area contributed by atoms with Gasteiger partial charge in [-0.25, -0.2) is 4.79 Å². The molecule has 3 atom stereocenters. The third-order valence-corrected chi connectivity index (χ3v) is 5.82. The molecule has 0 bridgehead atoms. The number of hydrogen-bond donors (Lipinski definition) is 1. The van der Waals surface area contributed by atoms with Gasteiger partial charge in [-0.2, -0.15) is 0 Å². The number of rotatable bonds is 3. The fourth-order valence-corrected chi connectivity index (χ4v) is 4.91. The Labute approximate surface area is 107 Å². The Hall–Kier alpha value is 0.230. The van der Waals surface area contributed by atoms with Crippen LogP contribution in [0.3, 0.4) is 0 Å². The van der Waals surface area contributed by atoms with Gasteiger partial charge >= 0.3 is 6.09 Å². The van der Waals surface area contributed by atoms with Crippen molar-refractivity contribution in [3.8, 4) is 0 Å². The summed E-state index contributed by atoms with van der Waals surface area (Å²) in [5.41, 5.74) is 0. The maximum atomic E-state index is 10.9. The van der Waals surface area contributed by atoms with Crippen LogP contribution in [0.15, 0.2) is 0 Å². The summed E-state index contributed by atoms with van der Waals surface area (Å²) in [6.07, 6.45) is 3.31. The van der Waals surface area contributed by atoms with E-state index in [1.54, 1.807) is 0 Å². The van der Waals surface area contributed by atoms with Crippen molar-refractivity contribution in [2.24, 2.45) is 17.8 Å². The molecule has 0 heterocycles. The van der Waals surface area contributed by atoms with Crippen LogP contribution >= 0.6 is 31.9 Å². The van der Waals surface area contributed by atoms with Crippen LogP contribution in [0, 0.1) is 17.8 Å². The Morgan fingerprint density at radius 3 is 2.80 bits per heavy atom. The lowest BCUT2D eigenvalue weighted by molar-refractivity contribution is 0.170. The van der Waals surface area contributed by atoms with Crippen molar-refractivity contribution in [3.05, 3.63) is 0 Å². The molecule has 0 spiro atoms. The van der Waals surface area contributed by atoms with Gasteiger partial charge in [0.2, 0.25) is 0 Å². The highest BCUT2D eigenvalue weighted by molar-refractivity contribution is 9.25. The molecule has 0 aliphatic heterocycles. The molecule has 0 aromatic rings. The smallest absolute Gasteiger partial charge is 0.406 e. The maximum absolute atomic E-state index is 10.9. The summed E-state index contributed by atoms with van der Waals surface area (Å²) in [7, 11) is 1.39. The summed E-state index contributed by atoms with van der Waals surface area (Å²) in [6.45, 7) is 0.719. The molecule has 0 aromatic carbocycles. The van der Waals surface area contributed by atoms with Gasteiger partial charge in [-0.3, -0.25) is 0 Å². The van der Waals surface area contributed by atoms with Gasteiger partial charge in [0.25, 0.3) is 0 Å². The summed E-state index contributed by atoms with van der Waals surface area (Å²) in [5, 5.41) is 2.73. The van der Waals surface area contributed by atoms with E-state index < -0.39 is 0 Å². The van der Waals surface area contributed by atoms with E-state index in [9.17, 15) is 4.79 Å². The van der Waals surface area contributed by atoms with Gasteiger partial charge in [0.05, 0.1) is 10.3 Å². The fraction of sp³-hybridized carbons (Fsp3) is 0.900. The molecule has 3 nitrogen and oxygen atoms in total. The summed E-state index contributed by atoms with van der Waals surface area (Å²) in [4.78, 5) is 10.9. The zero-order valence-electron chi connectivity index (χ0n) is 8.63. The van der Waals surface area contributed by atoms with Crippen molar-refractivity contribution in [2.75, 3.05) is 13.7 Å². The Bertz CT molecular complexity index is 270. The third kappa shape index (κ3) is 2.18. The molecule has 2 aliphatic rings. The average molecular weight is 341 g/mol. The minimum absolute atomic E-state index is 0.203. The molecule has 2 fully saturated rings. The third-order valence-electron chi connectivity index (χ3n) is 3.59. The Kier molecular flexibility index (Phi) is 3.31. The molecule has 86 valence electrons. The molecule has 1 amide bonds. The first kappa shape index (κ1) is 11.7. The molecule has 2 saturated carbocycles. The molecule has 0 radical (unpaired) electrons. The van der Waals surface area contributed by atoms with Gasteiger partial charge in [0.1, 0.15) is 0 Å². The summed E-state index contributed by atoms with van der Waals surface area (Å²) < 4.78 is 4.73. The highest BCUT2D eigenvalue weighted by Gasteiger charge is 2.66. The zero-order chi connectivity index (χ0) is 11.1. The van der Waals surface area contributed by atoms with Crippen LogP contribution in [-0.4, -0.2) is 23.0 Å². The molecular weight excluding hydrogens is 326 g/mol. The second kappa shape index (κ2) is 4.24. The van der Waals surface area contributed by atoms with Gasteiger partial charge in [-0.1, -0.05) is 31.9 Å². The number of carbonyl (C=O) groups excluding carboxylic acids is 1. The van der Waals surface area contributed by atoms with Crippen molar-refractivity contribution < 1.29 is 9.53 Å². The average Bonchev–Trinajstić information content (AvgIpc) is 2.61. The molecule has 2 aliphatic carbocycles. The number of ether oxygens (including phenoxy) is 1. The van der Waals surface area contributed by atoms with E-state index in [0.717, 1.165) is 30.7 Å². The highest BCUT2D eigenvalue weighted by atomic mass is 79.9. The molecule has 2 rings (SSSR count). The van der Waals surface area contributed by atoms with Crippen molar-refractivity contribution in [1.82, 2.24) is 5.32 Å². The van der Waals surface area contributed by atoms with Crippen molar-refractivity contribution in [3.63, 3.8) is 0 Å². The largest absolute Gasteiger partial charge is 0.453 e. The standard InChI is InChI=1S/C10H15Br2NO2/c1-15-9(14)13-5-4-6-2-3-7-8(6)10(7,11)12/h6-8H,2-5H2,1H3,(H,13,14)/t6-,7+,8-/m1/s1. The highest BCUT2D eigenvalue weighted by Crippen LogP contribution is 2.71. The van der Waals surface area contributed by atoms with Crippen LogP contribution in [0.5, 0.6) is 0 Å². The van der Waals surface area contributed by atoms with Crippen LogP contribution < -0.4 is 5.32 Å². The van der Waals surface area contributed by atoms with Gasteiger partial charge in [-0.15, -0.1) is 0 Å². The summed E-state index contributed by atoms with van der Waals surface area (Å²) >= 11 is 7.42. The number of amides is 1. The SMILES string of the molecule is COC(=O)NCC[C@H]1CC[C@H]2[C@@H]1C2(Br)Br. The minimum Gasteiger partial charge on any atom is -0.453 e. The first-order valence-corrected chi connectivity index (χ1v) is 6.85. The summed E-state index contributed by atoms with van der Waals surface area (Å²) in [5.74, 6) is 2.27. The number of carbonyl (C=O) groups is 1. The quantitative estimate of drug-likeness (QED) is 0.802. The topological polar surface area (TPSA) is 38.3 Å². The maximum Gasteiger partial charge on any atom is 0.406 e. The zero-order valence-corrected chi connectivity index (χ0v) is 11.8. The second-order valence-electron chi connectivity index (χ2n) is 4.35. The van der Waals surface area contributed by atoms with Crippen LogP contribution in [0.2, 0.25) is 0 Å². The van der Waals surface area contributed by atoms with E-state index in [0.29, 0.717) is 0 Å². The number of halogens is 2. The number of nitrogens with one attached hydrogen (secondary N) is 1. The van der Waals surface area contributed by atoms with E-state index in [-0.39, 0.29) is 9.33 Å². The first-order chi connectivity index (χ1) is 7.07. The molecule has 5 heteroatoms. The molecule has 1 N–H and O–H groups in total. The van der Waals surface area contributed by atoms with Crippen molar-refractivity contribution in [2.45, 2.75) is 22.5 Å². The number of alkyl halides is 2. The van der Waals surface area contributed by atoms with Gasteiger partial charge in [0, 0.05) is 6.54 Å². The van der Waals surface area contributed by atoms with Crippen LogP contribution in [0.4, 0.5) is 4.79 Å². The Balaban J connectivity index is 1.71. The van der Waals surface area contributed by atoms with Crippen molar-refractivity contribution >= 4 is 38.0 Å². The monoisotopic (exact) mass is 339 g/mol. The molecule has 15 heavy (non-hydrogen) atoms. The number of fused-ring (bicyclic) bond motifs is 1. The lowest BCUT2D eigenvalue weighted by Gasteiger charge is -2.15.